The summed E-state index contributed by atoms with van der Waals surface area (Å²) in [5.74, 6) is -0.556. The molecule has 0 aliphatic heterocycles. The summed E-state index contributed by atoms with van der Waals surface area (Å²) in [6.45, 7) is 6.42. The molecule has 2 amide bonds. The number of nitrogens with one attached hydrogen (secondary N) is 2. The average molecular weight is 263 g/mol. The molecule has 1 aromatic rings. The van der Waals surface area contributed by atoms with Crippen LogP contribution in [0.15, 0.2) is 12.1 Å². The monoisotopic (exact) mass is 263 g/mol. The Kier molecular flexibility index (Phi) is 5.51. The number of nitrogens with two attached hydrogens (primary N) is 1. The minimum atomic E-state index is -0.335. The lowest BCUT2D eigenvalue weighted by atomic mass is 10.00. The molecule has 1 aromatic carbocycles. The number of benzene rings is 1. The molecule has 0 atom stereocenters. The van der Waals surface area contributed by atoms with Gasteiger partial charge in [0.2, 0.25) is 11.8 Å². The van der Waals surface area contributed by atoms with E-state index in [-0.39, 0.29) is 24.9 Å². The Morgan fingerprint density at radius 1 is 1.05 bits per heavy atom. The van der Waals surface area contributed by atoms with Gasteiger partial charge in [-0.2, -0.15) is 0 Å². The van der Waals surface area contributed by atoms with Crippen molar-refractivity contribution >= 4 is 11.8 Å². The zero-order valence-corrected chi connectivity index (χ0v) is 11.7. The lowest BCUT2D eigenvalue weighted by Crippen LogP contribution is -2.39. The predicted molar refractivity (Wildman–Crippen MR) is 74.6 cm³/mol. The SMILES string of the molecule is Cc1cc(C)c(CNC(=O)CNC(=O)CN)c(C)c1. The Bertz CT molecular complexity index is 461. The zero-order valence-electron chi connectivity index (χ0n) is 11.7. The quantitative estimate of drug-likeness (QED) is 0.714. The van der Waals surface area contributed by atoms with Crippen molar-refractivity contribution in [2.24, 2.45) is 5.73 Å². The van der Waals surface area contributed by atoms with Crippen LogP contribution in [0.2, 0.25) is 0 Å². The Hall–Kier alpha value is -1.88. The normalized spacial score (nSPS) is 10.1. The van der Waals surface area contributed by atoms with Gasteiger partial charge in [-0.25, -0.2) is 0 Å². The summed E-state index contributed by atoms with van der Waals surface area (Å²) in [5, 5.41) is 5.22. The van der Waals surface area contributed by atoms with Crippen molar-refractivity contribution in [3.63, 3.8) is 0 Å². The predicted octanol–water partition coefficient (Wildman–Crippen LogP) is 0.303. The summed E-state index contributed by atoms with van der Waals surface area (Å²) >= 11 is 0. The van der Waals surface area contributed by atoms with Gasteiger partial charge in [-0.15, -0.1) is 0 Å². The smallest absolute Gasteiger partial charge is 0.239 e. The first-order valence-corrected chi connectivity index (χ1v) is 6.24. The van der Waals surface area contributed by atoms with Crippen LogP contribution < -0.4 is 16.4 Å². The van der Waals surface area contributed by atoms with Crippen LogP contribution in [0.5, 0.6) is 0 Å². The molecular formula is C14H21N3O2. The molecule has 0 radical (unpaired) electrons. The molecule has 0 spiro atoms. The van der Waals surface area contributed by atoms with Crippen LogP contribution in [0, 0.1) is 20.8 Å². The highest BCUT2D eigenvalue weighted by atomic mass is 16.2. The van der Waals surface area contributed by atoms with Gasteiger partial charge in [0.1, 0.15) is 0 Å². The summed E-state index contributed by atoms with van der Waals surface area (Å²) in [6, 6.07) is 4.18. The molecular weight excluding hydrogens is 242 g/mol. The van der Waals surface area contributed by atoms with Crippen molar-refractivity contribution in [3.8, 4) is 0 Å². The molecule has 0 aromatic heterocycles. The number of amides is 2. The fourth-order valence-corrected chi connectivity index (χ4v) is 1.99. The van der Waals surface area contributed by atoms with Gasteiger partial charge in [-0.3, -0.25) is 9.59 Å². The van der Waals surface area contributed by atoms with Crippen molar-refractivity contribution in [1.29, 1.82) is 0 Å². The van der Waals surface area contributed by atoms with E-state index in [9.17, 15) is 9.59 Å². The van der Waals surface area contributed by atoms with Gasteiger partial charge in [0, 0.05) is 6.54 Å². The first-order chi connectivity index (χ1) is 8.93. The Labute approximate surface area is 113 Å². The average Bonchev–Trinajstić information content (AvgIpc) is 2.34. The third kappa shape index (κ3) is 4.71. The summed E-state index contributed by atoms with van der Waals surface area (Å²) in [5.41, 5.74) is 9.77. The van der Waals surface area contributed by atoms with E-state index < -0.39 is 0 Å². The van der Waals surface area contributed by atoms with Crippen LogP contribution in [0.1, 0.15) is 22.3 Å². The highest BCUT2D eigenvalue weighted by Crippen LogP contribution is 2.15. The fraction of sp³-hybridized carbons (Fsp3) is 0.429. The van der Waals surface area contributed by atoms with Crippen molar-refractivity contribution in [2.45, 2.75) is 27.3 Å². The first kappa shape index (κ1) is 15.2. The second-order valence-electron chi connectivity index (χ2n) is 4.63. The third-order valence-electron chi connectivity index (χ3n) is 2.93. The molecule has 19 heavy (non-hydrogen) atoms. The maximum Gasteiger partial charge on any atom is 0.239 e. The number of hydrogen-bond donors (Lipinski definition) is 3. The van der Waals surface area contributed by atoms with Gasteiger partial charge in [-0.1, -0.05) is 17.7 Å². The van der Waals surface area contributed by atoms with Crippen LogP contribution in [0.25, 0.3) is 0 Å². The van der Waals surface area contributed by atoms with E-state index in [2.05, 4.69) is 22.8 Å². The van der Waals surface area contributed by atoms with Crippen LogP contribution in [0.3, 0.4) is 0 Å². The van der Waals surface area contributed by atoms with Crippen LogP contribution in [-0.2, 0) is 16.1 Å². The summed E-state index contributed by atoms with van der Waals surface area (Å²) < 4.78 is 0. The van der Waals surface area contributed by atoms with Gasteiger partial charge in [-0.05, 0) is 37.5 Å². The highest BCUT2D eigenvalue weighted by Gasteiger charge is 2.07. The minimum absolute atomic E-state index is 0.0417. The Morgan fingerprint density at radius 2 is 1.63 bits per heavy atom. The van der Waals surface area contributed by atoms with E-state index in [0.717, 1.165) is 16.7 Å². The molecule has 0 fully saturated rings. The number of aryl methyl sites for hydroxylation is 3. The molecule has 5 nitrogen and oxygen atoms in total. The third-order valence-corrected chi connectivity index (χ3v) is 2.93. The van der Waals surface area contributed by atoms with E-state index in [4.69, 9.17) is 5.73 Å². The van der Waals surface area contributed by atoms with Crippen LogP contribution >= 0.6 is 0 Å². The molecule has 0 saturated heterocycles. The van der Waals surface area contributed by atoms with Crippen LogP contribution in [0.4, 0.5) is 0 Å². The molecule has 0 unspecified atom stereocenters. The van der Waals surface area contributed by atoms with E-state index in [1.807, 2.05) is 20.8 Å². The molecule has 0 aliphatic rings. The van der Waals surface area contributed by atoms with E-state index in [1.54, 1.807) is 0 Å². The molecule has 0 saturated carbocycles. The van der Waals surface area contributed by atoms with Gasteiger partial charge < -0.3 is 16.4 Å². The second-order valence-corrected chi connectivity index (χ2v) is 4.63. The Morgan fingerprint density at radius 3 is 2.16 bits per heavy atom. The standard InChI is InChI=1S/C14H21N3O2/c1-9-4-10(2)12(11(3)5-9)7-16-14(19)8-17-13(18)6-15/h4-5H,6-8,15H2,1-3H3,(H,16,19)(H,17,18). The van der Waals surface area contributed by atoms with Crippen molar-refractivity contribution < 1.29 is 9.59 Å². The topological polar surface area (TPSA) is 84.2 Å². The number of carbonyl (C=O) groups is 2. The van der Waals surface area contributed by atoms with Gasteiger partial charge in [0.25, 0.3) is 0 Å². The first-order valence-electron chi connectivity index (χ1n) is 6.24. The Balaban J connectivity index is 2.53. The molecule has 0 aliphatic carbocycles. The number of rotatable bonds is 5. The lowest BCUT2D eigenvalue weighted by molar-refractivity contribution is -0.125. The van der Waals surface area contributed by atoms with Crippen molar-refractivity contribution in [3.05, 3.63) is 34.4 Å². The fourth-order valence-electron chi connectivity index (χ4n) is 1.99. The summed E-state index contributed by atoms with van der Waals surface area (Å²) in [7, 11) is 0. The molecule has 5 heteroatoms. The second kappa shape index (κ2) is 6.89. The maximum atomic E-state index is 11.6. The summed E-state index contributed by atoms with van der Waals surface area (Å²) in [4.78, 5) is 22.5. The summed E-state index contributed by atoms with van der Waals surface area (Å²) in [6.07, 6.45) is 0. The van der Waals surface area contributed by atoms with Crippen molar-refractivity contribution in [2.75, 3.05) is 13.1 Å². The lowest BCUT2D eigenvalue weighted by Gasteiger charge is -2.12. The molecule has 0 heterocycles. The van der Waals surface area contributed by atoms with Gasteiger partial charge in [0.05, 0.1) is 13.1 Å². The zero-order chi connectivity index (χ0) is 14.4. The molecule has 104 valence electrons. The largest absolute Gasteiger partial charge is 0.350 e. The maximum absolute atomic E-state index is 11.6. The van der Waals surface area contributed by atoms with E-state index in [0.29, 0.717) is 6.54 Å². The van der Waals surface area contributed by atoms with Crippen molar-refractivity contribution in [1.82, 2.24) is 10.6 Å². The number of carbonyl (C=O) groups excluding carboxylic acids is 2. The van der Waals surface area contributed by atoms with Gasteiger partial charge >= 0.3 is 0 Å². The van der Waals surface area contributed by atoms with E-state index in [1.165, 1.54) is 5.56 Å². The minimum Gasteiger partial charge on any atom is -0.350 e. The molecule has 0 bridgehead atoms. The highest BCUT2D eigenvalue weighted by molar-refractivity contribution is 5.85. The van der Waals surface area contributed by atoms with Crippen LogP contribution in [-0.4, -0.2) is 24.9 Å². The van der Waals surface area contributed by atoms with Gasteiger partial charge in [0.15, 0.2) is 0 Å². The molecule has 1 rings (SSSR count). The molecule has 4 N–H and O–H groups in total. The number of hydrogen-bond acceptors (Lipinski definition) is 3. The van der Waals surface area contributed by atoms with E-state index >= 15 is 0 Å².